The van der Waals surface area contributed by atoms with E-state index in [4.69, 9.17) is 79.0 Å². The van der Waals surface area contributed by atoms with Crippen LogP contribution < -0.4 is 68.8 Å². The fourth-order valence-corrected chi connectivity index (χ4v) is 9.48. The number of ketones is 10. The van der Waals surface area contributed by atoms with Crippen molar-refractivity contribution < 1.29 is 67.7 Å². The Morgan fingerprint density at radius 1 is 0.524 bits per heavy atom. The van der Waals surface area contributed by atoms with Crippen molar-refractivity contribution in [2.24, 2.45) is 86.6 Å². The summed E-state index contributed by atoms with van der Waals surface area (Å²) in [5.41, 5.74) is 64.9. The average Bonchev–Trinajstić information content (AvgIpc) is 0.944. The number of carboxylic acid groups (broad SMARTS) is 1. The second-order valence-electron chi connectivity index (χ2n) is 25.4. The summed E-state index contributed by atoms with van der Waals surface area (Å²) in [6.07, 6.45) is 4.42. The molecule has 0 aliphatic heterocycles. The van der Waals surface area contributed by atoms with Crippen molar-refractivity contribution in [1.29, 1.82) is 0 Å². The lowest BCUT2D eigenvalue weighted by Crippen LogP contribution is -2.44. The second kappa shape index (κ2) is 72.5. The van der Waals surface area contributed by atoms with E-state index in [1.807, 2.05) is 65.0 Å². The number of hydrogen-bond donors (Lipinski definition) is 25. The lowest BCUT2D eigenvalue weighted by molar-refractivity contribution is -0.139. The Hall–Kier alpha value is -1.77. The molecular weight excluding hydrogens is 1560 g/mol. The number of aliphatic carboxylic acids is 1. The van der Waals surface area contributed by atoms with E-state index < -0.39 is 64.2 Å². The Labute approximate surface area is 688 Å². The van der Waals surface area contributed by atoms with Crippen molar-refractivity contribution >= 4 is 209 Å². The van der Waals surface area contributed by atoms with Crippen LogP contribution in [0.25, 0.3) is 0 Å². The Kier molecular flexibility index (Phi) is 85.7. The number of Topliss-reactive ketones (excluding diaryl/α,β-unsaturated/α-hetero) is 10. The zero-order valence-corrected chi connectivity index (χ0v) is 73.4. The van der Waals surface area contributed by atoms with Crippen molar-refractivity contribution in [3.05, 3.63) is 35.9 Å². The van der Waals surface area contributed by atoms with Crippen LogP contribution in [0, 0.1) is 17.8 Å². The van der Waals surface area contributed by atoms with Gasteiger partial charge in [-0.3, -0.25) is 57.5 Å². The fourth-order valence-electron chi connectivity index (χ4n) is 6.50. The van der Waals surface area contributed by atoms with Crippen molar-refractivity contribution in [3.63, 3.8) is 0 Å². The first-order chi connectivity index (χ1) is 47.3. The maximum absolute atomic E-state index is 11.0. The normalized spacial score (nSPS) is 17.2. The molecule has 620 valence electrons. The van der Waals surface area contributed by atoms with Crippen LogP contribution in [0.5, 0.6) is 0 Å². The maximum Gasteiger partial charge on any atom is 0.320 e. The molecule has 1 aromatic rings. The van der Waals surface area contributed by atoms with E-state index in [0.717, 1.165) is 31.2 Å². The predicted molar refractivity (Wildman–Crippen MR) is 471 cm³/mol. The molecule has 26 nitrogen and oxygen atoms in total. The highest BCUT2D eigenvalue weighted by atomic mass is 32.1. The number of carbonyl (C=O) groups excluding carboxylic acids is 11. The van der Waals surface area contributed by atoms with Crippen LogP contribution in [0.3, 0.4) is 0 Å². The van der Waals surface area contributed by atoms with Crippen molar-refractivity contribution in [2.45, 2.75) is 266 Å². The van der Waals surface area contributed by atoms with Crippen LogP contribution in [0.15, 0.2) is 30.3 Å². The van der Waals surface area contributed by atoms with Gasteiger partial charge in [-0.05, 0) is 163 Å². The molecule has 0 saturated heterocycles. The van der Waals surface area contributed by atoms with Gasteiger partial charge in [-0.25, -0.2) is 0 Å². The van der Waals surface area contributed by atoms with Gasteiger partial charge in [0.1, 0.15) is 63.9 Å². The molecule has 1 aromatic carbocycles. The summed E-state index contributed by atoms with van der Waals surface area (Å²) in [7, 11) is 0. The highest BCUT2D eigenvalue weighted by Crippen LogP contribution is 2.29. The number of amides is 1. The molecule has 19 unspecified atom stereocenters. The van der Waals surface area contributed by atoms with Gasteiger partial charge in [0.2, 0.25) is 5.91 Å². The largest absolute Gasteiger partial charge is 0.480 e. The number of carbonyl (C=O) groups is 12. The molecule has 0 bridgehead atoms. The molecule has 0 heterocycles. The van der Waals surface area contributed by atoms with Gasteiger partial charge in [-0.1, -0.05) is 65.5 Å². The lowest BCUT2D eigenvalue weighted by atomic mass is 10.0. The molecule has 1 amide bonds. The number of aliphatic hydroxyl groups excluding tert-OH is 1. The molecule has 0 radical (unpaired) electrons. The summed E-state index contributed by atoms with van der Waals surface area (Å²) in [4.78, 5) is 126. The summed E-state index contributed by atoms with van der Waals surface area (Å²) in [6.45, 7) is 26.9. The zero-order valence-electron chi connectivity index (χ0n) is 63.6. The summed E-state index contributed by atoms with van der Waals surface area (Å²) in [6, 6.07) is 4.55. The minimum Gasteiger partial charge on any atom is -0.480 e. The van der Waals surface area contributed by atoms with E-state index in [9.17, 15) is 57.5 Å². The van der Waals surface area contributed by atoms with Crippen LogP contribution >= 0.6 is 139 Å². The molecule has 2 rings (SSSR count). The number of rotatable bonds is 31. The fraction of sp³-hybridized carbons (Fsp3) is 0.735. The van der Waals surface area contributed by atoms with Crippen LogP contribution in [-0.4, -0.2) is 207 Å². The lowest BCUT2D eigenvalue weighted by Gasteiger charge is -2.22. The summed E-state index contributed by atoms with van der Waals surface area (Å²) in [5, 5.41) is 16.8. The quantitative estimate of drug-likeness (QED) is 0.0470. The third kappa shape index (κ3) is 74.7. The average molecular weight is 1700 g/mol. The van der Waals surface area contributed by atoms with Crippen LogP contribution in [0.1, 0.15) is 174 Å². The Morgan fingerprint density at radius 2 is 0.933 bits per heavy atom. The van der Waals surface area contributed by atoms with E-state index in [2.05, 4.69) is 139 Å². The van der Waals surface area contributed by atoms with Gasteiger partial charge >= 0.3 is 5.97 Å². The molecule has 1 saturated carbocycles. The van der Waals surface area contributed by atoms with Crippen molar-refractivity contribution in [1.82, 2.24) is 0 Å². The first kappa shape index (κ1) is 124. The molecule has 1 fully saturated rings. The molecule has 105 heavy (non-hydrogen) atoms. The monoisotopic (exact) mass is 1700 g/mol. The molecule has 0 aromatic heterocycles. The van der Waals surface area contributed by atoms with Gasteiger partial charge in [0.05, 0.1) is 65.7 Å². The van der Waals surface area contributed by atoms with E-state index in [1.54, 1.807) is 13.8 Å². The summed E-state index contributed by atoms with van der Waals surface area (Å²) < 4.78 is -0.397. The number of nitrogens with two attached hydrogens (primary N) is 12. The molecule has 26 N–H and O–H groups in total. The second-order valence-corrected chi connectivity index (χ2v) is 32.1. The molecule has 1 aliphatic carbocycles. The van der Waals surface area contributed by atoms with Gasteiger partial charge in [-0.15, -0.1) is 0 Å². The van der Waals surface area contributed by atoms with Gasteiger partial charge in [-0.2, -0.15) is 139 Å². The van der Waals surface area contributed by atoms with Crippen LogP contribution in [0.2, 0.25) is 0 Å². The summed E-state index contributed by atoms with van der Waals surface area (Å²) in [5.74, 6) is 1.21. The maximum atomic E-state index is 11.0. The molecule has 1 aliphatic rings. The summed E-state index contributed by atoms with van der Waals surface area (Å²) >= 11 is 44.4. The van der Waals surface area contributed by atoms with Gasteiger partial charge in [0, 0.05) is 48.4 Å². The Balaban J connectivity index is -0.000000119. The number of benzene rings is 1. The number of hydrogen-bond acceptors (Lipinski definition) is 35. The number of primary amides is 1. The highest BCUT2D eigenvalue weighted by molar-refractivity contribution is 7.82. The third-order valence-corrected chi connectivity index (χ3v) is 19.6. The molecule has 37 heteroatoms. The number of carboxylic acids is 1. The topological polar surface area (TPSA) is 558 Å². The van der Waals surface area contributed by atoms with E-state index in [1.165, 1.54) is 62.3 Å². The first-order valence-electron chi connectivity index (χ1n) is 33.1. The van der Waals surface area contributed by atoms with Crippen LogP contribution in [0.4, 0.5) is 0 Å². The molecule has 0 spiro atoms. The number of thiol groups is 11. The van der Waals surface area contributed by atoms with Gasteiger partial charge in [0.15, 0.2) is 0 Å². The van der Waals surface area contributed by atoms with E-state index in [0.29, 0.717) is 59.5 Å². The number of aliphatic hydroxyl groups is 1. The predicted octanol–water partition coefficient (Wildman–Crippen LogP) is 3.80. The third-order valence-electron chi connectivity index (χ3n) is 14.4. The van der Waals surface area contributed by atoms with E-state index >= 15 is 0 Å². The van der Waals surface area contributed by atoms with Crippen LogP contribution in [-0.2, 0) is 57.5 Å². The van der Waals surface area contributed by atoms with Crippen molar-refractivity contribution in [2.75, 3.05) is 29.6 Å². The Morgan fingerprint density at radius 3 is 1.11 bits per heavy atom. The van der Waals surface area contributed by atoms with E-state index in [-0.39, 0.29) is 123 Å². The van der Waals surface area contributed by atoms with Crippen molar-refractivity contribution in [3.8, 4) is 0 Å². The Bertz CT molecular complexity index is 2500. The minimum atomic E-state index is -1.16. The minimum absolute atomic E-state index is 0. The molecular formula is C68H138N12O14S11. The molecule has 19 atom stereocenters. The standard InChI is InChI=1S/C10H13NOS.C7H16N2OS.C7H15NOS.C7H12OS.2C6H13NOS.C5H10N2O3S.C5H11NO2S.2C5H11NOS.C4H9NOS.CH4/c1-7(12)9(11)10(13)8-5-3-2-4-6-8;1-5(10)7(9)4-6(11)2-3-8;1-4(2)7(10)6(8)5(3)9;1-5(8)6-2-3-7(9)4-6;1-4(8)5(7)6(2,3)9;1-4(3-9)6(7)5(2)8;6-2(5(9)10)1-3(11)4(7)8;1-3(7)5(6)4(8)2-9;1-4(7)5(6)2-3-8;1-3(7)5(6)4(2)8;1-3(6)4(5)2-7;/h2-6,9-10,13H,11H2,1H3;6-7,11H,2-4,8-9H2,1H3;4,6-7,10H,8H2,1-3H3;6-7,9H,2-4H2,1H3;5,9H,7H2,1-3H3;4,6,9H,3,7H2,1-2H3;2-3,11H,1,6H2,(H2,7,8)(H,9,10);4-5,8-9H,2,6H2,1H3;5,8H,2-3,6H2,1H3;4-5,8H,6H2,1-2H3;4,7H,2,5H2,1H3;1H4. The highest BCUT2D eigenvalue weighted by Gasteiger charge is 2.27. The SMILES string of the molecule is C.CC(=O)C(N)C(C)(C)S.CC(=O)C(N)C(C)CS.CC(=O)C(N)C(C)S.CC(=O)C(N)C(O)CS.CC(=O)C(N)C(S)C(C)C.CC(=O)C(N)C(S)c1ccccc1.CC(=O)C(N)CC(S)CCN.CC(=O)C(N)CCS.CC(=O)C(N)CS.CC(=O)C1CCC(S)C1.NC(=O)C(S)CC(N)C(=O)O. The van der Waals surface area contributed by atoms with Gasteiger partial charge in [0.25, 0.3) is 0 Å². The van der Waals surface area contributed by atoms with Gasteiger partial charge < -0.3 is 79.0 Å². The zero-order chi connectivity index (χ0) is 84.6. The smallest absolute Gasteiger partial charge is 0.320 e. The first-order valence-corrected chi connectivity index (χ1v) is 39.1.